The Morgan fingerprint density at radius 3 is 2.60 bits per heavy atom. The smallest absolute Gasteiger partial charge is 0.227 e. The number of amides is 1. The summed E-state index contributed by atoms with van der Waals surface area (Å²) in [6.45, 7) is 5.82. The molecule has 1 aliphatic heterocycles. The van der Waals surface area contributed by atoms with Crippen molar-refractivity contribution in [3.05, 3.63) is 88.0 Å². The molecule has 0 unspecified atom stereocenters. The van der Waals surface area contributed by atoms with Gasteiger partial charge < -0.3 is 35.0 Å². The lowest BCUT2D eigenvalue weighted by Crippen LogP contribution is -2.37. The molecular weight excluding hydrogens is 508 g/mol. The maximum Gasteiger partial charge on any atom is 0.227 e. The number of aliphatic hydroxyl groups is 2. The minimum Gasteiger partial charge on any atom is -0.508 e. The molecule has 1 aliphatic rings. The monoisotopic (exact) mass is 548 g/mol. The number of methoxy groups -OCH3 is 1. The topological polar surface area (TPSA) is 111 Å². The number of aliphatic hydroxyl groups excluding tert-OH is 2. The maximum atomic E-state index is 13.2. The first-order valence-corrected chi connectivity index (χ1v) is 13.8. The highest BCUT2D eigenvalue weighted by atomic mass is 16.5. The molecule has 40 heavy (non-hydrogen) atoms. The third-order valence-corrected chi connectivity index (χ3v) is 7.36. The van der Waals surface area contributed by atoms with Crippen LogP contribution in [-0.4, -0.2) is 59.0 Å². The van der Waals surface area contributed by atoms with Gasteiger partial charge in [-0.25, -0.2) is 0 Å². The fraction of sp³-hybridized carbons (Fsp3) is 0.406. The zero-order valence-corrected chi connectivity index (χ0v) is 23.5. The average molecular weight is 549 g/mol. The van der Waals surface area contributed by atoms with Crippen molar-refractivity contribution >= 4 is 5.91 Å². The molecule has 4 rings (SSSR count). The van der Waals surface area contributed by atoms with E-state index in [0.717, 1.165) is 35.3 Å². The zero-order valence-electron chi connectivity index (χ0n) is 23.5. The lowest BCUT2D eigenvalue weighted by molar-refractivity contribution is -0.131. The van der Waals surface area contributed by atoms with E-state index in [2.05, 4.69) is 24.4 Å². The van der Waals surface area contributed by atoms with Gasteiger partial charge in [0, 0.05) is 31.2 Å². The molecule has 2 atom stereocenters. The van der Waals surface area contributed by atoms with E-state index in [-0.39, 0.29) is 24.3 Å². The van der Waals surface area contributed by atoms with Gasteiger partial charge in [0.15, 0.2) is 11.5 Å². The highest BCUT2D eigenvalue weighted by Gasteiger charge is 2.23. The summed E-state index contributed by atoms with van der Waals surface area (Å²) in [6.07, 6.45) is 1.10. The van der Waals surface area contributed by atoms with Crippen molar-refractivity contribution in [3.63, 3.8) is 0 Å². The molecule has 0 radical (unpaired) electrons. The molecule has 8 heteroatoms. The molecule has 4 N–H and O–H groups in total. The first kappa shape index (κ1) is 29.4. The zero-order chi connectivity index (χ0) is 28.6. The standard InChI is InChI=1S/C32H40N2O6/c1-4-40-31-17-26-19-34(11-10-24(26)16-30(31)39-3)32(38)14-23-7-5-6-22(13-23)12-21(2)33-18-29(37)25-8-9-28(36)27(15-25)20-35/h5-9,13,15-17,21,29,33,35-37H,4,10-12,14,18-20H2,1-3H3/t21-,29+/m1/s1. The van der Waals surface area contributed by atoms with Crippen LogP contribution in [0, 0.1) is 0 Å². The van der Waals surface area contributed by atoms with Crippen LogP contribution in [0.15, 0.2) is 54.6 Å². The van der Waals surface area contributed by atoms with Gasteiger partial charge in [-0.1, -0.05) is 30.3 Å². The van der Waals surface area contributed by atoms with Gasteiger partial charge in [0.05, 0.1) is 32.8 Å². The Kier molecular flexibility index (Phi) is 10.0. The van der Waals surface area contributed by atoms with Crippen LogP contribution in [0.2, 0.25) is 0 Å². The summed E-state index contributed by atoms with van der Waals surface area (Å²) in [5, 5.41) is 33.0. The van der Waals surface area contributed by atoms with Crippen molar-refractivity contribution in [3.8, 4) is 17.2 Å². The second-order valence-electron chi connectivity index (χ2n) is 10.3. The number of nitrogens with zero attached hydrogens (tertiary/aromatic N) is 1. The van der Waals surface area contributed by atoms with Crippen LogP contribution in [0.25, 0.3) is 0 Å². The number of aromatic hydroxyl groups is 1. The highest BCUT2D eigenvalue weighted by molar-refractivity contribution is 5.79. The van der Waals surface area contributed by atoms with Gasteiger partial charge in [0.1, 0.15) is 5.75 Å². The number of benzene rings is 3. The molecular formula is C32H40N2O6. The molecule has 0 saturated carbocycles. The fourth-order valence-electron chi connectivity index (χ4n) is 5.15. The number of nitrogens with one attached hydrogen (secondary N) is 1. The molecule has 1 amide bonds. The summed E-state index contributed by atoms with van der Waals surface area (Å²) in [6, 6.07) is 17.0. The fourth-order valence-corrected chi connectivity index (χ4v) is 5.15. The van der Waals surface area contributed by atoms with Gasteiger partial charge in [0.2, 0.25) is 5.91 Å². The molecule has 0 saturated heterocycles. The van der Waals surface area contributed by atoms with Crippen LogP contribution in [0.5, 0.6) is 17.2 Å². The van der Waals surface area contributed by atoms with Gasteiger partial charge in [0.25, 0.3) is 0 Å². The Labute approximate surface area is 236 Å². The van der Waals surface area contributed by atoms with E-state index < -0.39 is 6.10 Å². The summed E-state index contributed by atoms with van der Waals surface area (Å²) in [5.41, 5.74) is 5.41. The van der Waals surface area contributed by atoms with Crippen LogP contribution in [0.4, 0.5) is 0 Å². The van der Waals surface area contributed by atoms with Crippen molar-refractivity contribution < 1.29 is 29.6 Å². The molecule has 214 valence electrons. The van der Waals surface area contributed by atoms with E-state index in [9.17, 15) is 20.1 Å². The maximum absolute atomic E-state index is 13.2. The summed E-state index contributed by atoms with van der Waals surface area (Å²) in [7, 11) is 1.64. The first-order valence-electron chi connectivity index (χ1n) is 13.8. The molecule has 3 aromatic rings. The number of carbonyl (C=O) groups is 1. The van der Waals surface area contributed by atoms with Gasteiger partial charge in [-0.05, 0) is 78.8 Å². The lowest BCUT2D eigenvalue weighted by Gasteiger charge is -2.30. The molecule has 1 heterocycles. The lowest BCUT2D eigenvalue weighted by atomic mass is 9.97. The summed E-state index contributed by atoms with van der Waals surface area (Å²) >= 11 is 0. The first-order chi connectivity index (χ1) is 19.3. The van der Waals surface area contributed by atoms with Crippen LogP contribution in [0.3, 0.4) is 0 Å². The second kappa shape index (κ2) is 13.7. The minimum absolute atomic E-state index is 0.0135. The van der Waals surface area contributed by atoms with Gasteiger partial charge in [-0.2, -0.15) is 0 Å². The Morgan fingerprint density at radius 2 is 1.85 bits per heavy atom. The largest absolute Gasteiger partial charge is 0.508 e. The molecule has 8 nitrogen and oxygen atoms in total. The second-order valence-corrected chi connectivity index (χ2v) is 10.3. The normalized spacial score (nSPS) is 14.4. The van der Waals surface area contributed by atoms with Crippen molar-refractivity contribution in [1.82, 2.24) is 10.2 Å². The van der Waals surface area contributed by atoms with Crippen LogP contribution >= 0.6 is 0 Å². The Hall–Kier alpha value is -3.59. The molecule has 0 aliphatic carbocycles. The van der Waals surface area contributed by atoms with Crippen LogP contribution in [-0.2, 0) is 37.2 Å². The molecule has 0 fully saturated rings. The predicted molar refractivity (Wildman–Crippen MR) is 154 cm³/mol. The number of hydrogen-bond acceptors (Lipinski definition) is 7. The van der Waals surface area contributed by atoms with E-state index in [1.807, 2.05) is 36.1 Å². The predicted octanol–water partition coefficient (Wildman–Crippen LogP) is 3.67. The summed E-state index contributed by atoms with van der Waals surface area (Å²) < 4.78 is 11.2. The Balaban J connectivity index is 1.31. The highest BCUT2D eigenvalue weighted by Crippen LogP contribution is 2.33. The summed E-state index contributed by atoms with van der Waals surface area (Å²) in [4.78, 5) is 15.1. The third-order valence-electron chi connectivity index (χ3n) is 7.36. The van der Waals surface area contributed by atoms with Crippen molar-refractivity contribution in [2.24, 2.45) is 0 Å². The minimum atomic E-state index is -0.766. The third kappa shape index (κ3) is 7.33. The average Bonchev–Trinajstić information content (AvgIpc) is 2.95. The molecule has 3 aromatic carbocycles. The number of carbonyl (C=O) groups excluding carboxylic acids is 1. The molecule has 0 aromatic heterocycles. The van der Waals surface area contributed by atoms with Crippen molar-refractivity contribution in [1.29, 1.82) is 0 Å². The number of fused-ring (bicyclic) bond motifs is 1. The Bertz CT molecular complexity index is 1310. The van der Waals surface area contributed by atoms with E-state index in [1.54, 1.807) is 19.2 Å². The van der Waals surface area contributed by atoms with Gasteiger partial charge in [-0.15, -0.1) is 0 Å². The molecule has 0 bridgehead atoms. The number of phenols is 1. The Morgan fingerprint density at radius 1 is 1.07 bits per heavy atom. The van der Waals surface area contributed by atoms with Gasteiger partial charge >= 0.3 is 0 Å². The van der Waals surface area contributed by atoms with E-state index in [4.69, 9.17) is 9.47 Å². The SMILES string of the molecule is CCOc1cc2c(cc1OC)CCN(C(=O)Cc1cccc(C[C@@H](C)NC[C@H](O)c3ccc(O)c(CO)c3)c1)C2. The van der Waals surface area contributed by atoms with Crippen molar-refractivity contribution in [2.75, 3.05) is 26.8 Å². The van der Waals surface area contributed by atoms with E-state index in [1.165, 1.54) is 11.6 Å². The number of ether oxygens (including phenoxy) is 2. The van der Waals surface area contributed by atoms with E-state index >= 15 is 0 Å². The van der Waals surface area contributed by atoms with Gasteiger partial charge in [-0.3, -0.25) is 4.79 Å². The quantitative estimate of drug-likeness (QED) is 0.273. The van der Waals surface area contributed by atoms with E-state index in [0.29, 0.717) is 49.5 Å². The number of hydrogen-bond donors (Lipinski definition) is 4. The van der Waals surface area contributed by atoms with Crippen LogP contribution < -0.4 is 14.8 Å². The number of rotatable bonds is 12. The van der Waals surface area contributed by atoms with Crippen molar-refractivity contribution in [2.45, 2.75) is 58.4 Å². The molecule has 0 spiro atoms. The van der Waals surface area contributed by atoms with Crippen LogP contribution in [0.1, 0.15) is 53.3 Å². The summed E-state index contributed by atoms with van der Waals surface area (Å²) in [5.74, 6) is 1.55.